The quantitative estimate of drug-likeness (QED) is 0.855. The van der Waals surface area contributed by atoms with E-state index in [2.05, 4.69) is 13.8 Å². The van der Waals surface area contributed by atoms with Crippen molar-refractivity contribution in [2.75, 3.05) is 26.7 Å². The smallest absolute Gasteiger partial charge is 0.289 e. The van der Waals surface area contributed by atoms with Crippen LogP contribution in [0, 0.1) is 11.8 Å². The summed E-state index contributed by atoms with van der Waals surface area (Å²) in [7, 11) is 1.86. The molecule has 0 aliphatic carbocycles. The van der Waals surface area contributed by atoms with Gasteiger partial charge in [0.15, 0.2) is 5.76 Å². The zero-order chi connectivity index (χ0) is 15.4. The van der Waals surface area contributed by atoms with Crippen LogP contribution in [0.2, 0.25) is 0 Å². The van der Waals surface area contributed by atoms with Crippen LogP contribution in [0.5, 0.6) is 0 Å². The first kappa shape index (κ1) is 15.6. The molecule has 5 nitrogen and oxygen atoms in total. The minimum Gasteiger partial charge on any atom is -0.459 e. The molecule has 0 aromatic carbocycles. The summed E-state index contributed by atoms with van der Waals surface area (Å²) in [6.45, 7) is 6.23. The van der Waals surface area contributed by atoms with Crippen LogP contribution in [0.1, 0.15) is 37.2 Å². The molecule has 5 heteroatoms. The van der Waals surface area contributed by atoms with Crippen molar-refractivity contribution in [1.82, 2.24) is 9.80 Å². The maximum atomic E-state index is 12.3. The Labute approximate surface area is 125 Å². The molecule has 2 rings (SSSR count). The molecule has 2 heterocycles. The third-order valence-corrected chi connectivity index (χ3v) is 3.88. The van der Waals surface area contributed by atoms with Crippen LogP contribution in [0.15, 0.2) is 22.8 Å². The number of carbonyl (C=O) groups is 2. The van der Waals surface area contributed by atoms with Gasteiger partial charge in [0.1, 0.15) is 0 Å². The van der Waals surface area contributed by atoms with Gasteiger partial charge in [0.25, 0.3) is 5.91 Å². The van der Waals surface area contributed by atoms with E-state index in [1.165, 1.54) is 6.26 Å². The molecule has 21 heavy (non-hydrogen) atoms. The highest BCUT2D eigenvalue weighted by atomic mass is 16.3. The summed E-state index contributed by atoms with van der Waals surface area (Å²) >= 11 is 0. The van der Waals surface area contributed by atoms with Crippen LogP contribution < -0.4 is 0 Å². The van der Waals surface area contributed by atoms with Gasteiger partial charge >= 0.3 is 0 Å². The van der Waals surface area contributed by atoms with Gasteiger partial charge in [0, 0.05) is 32.6 Å². The van der Waals surface area contributed by atoms with Crippen molar-refractivity contribution in [2.24, 2.45) is 11.8 Å². The monoisotopic (exact) mass is 292 g/mol. The Kier molecular flexibility index (Phi) is 5.04. The fourth-order valence-electron chi connectivity index (χ4n) is 2.83. The van der Waals surface area contributed by atoms with Gasteiger partial charge in [-0.2, -0.15) is 0 Å². The molecule has 1 aliphatic rings. The standard InChI is InChI=1S/C16H24N2O3/c1-12(2)11-17(3)15(19)13-6-8-18(9-7-13)16(20)14-5-4-10-21-14/h4-5,10,12-13H,6-9,11H2,1-3H3. The van der Waals surface area contributed by atoms with E-state index in [0.717, 1.165) is 19.4 Å². The van der Waals surface area contributed by atoms with Gasteiger partial charge in [-0.3, -0.25) is 9.59 Å². The average molecular weight is 292 g/mol. The van der Waals surface area contributed by atoms with E-state index in [0.29, 0.717) is 24.8 Å². The van der Waals surface area contributed by atoms with E-state index >= 15 is 0 Å². The summed E-state index contributed by atoms with van der Waals surface area (Å²) in [5, 5.41) is 0. The first-order chi connectivity index (χ1) is 9.99. The molecule has 0 atom stereocenters. The highest BCUT2D eigenvalue weighted by molar-refractivity contribution is 5.91. The van der Waals surface area contributed by atoms with Gasteiger partial charge in [0.2, 0.25) is 5.91 Å². The van der Waals surface area contributed by atoms with E-state index in [1.807, 2.05) is 11.9 Å². The largest absolute Gasteiger partial charge is 0.459 e. The van der Waals surface area contributed by atoms with E-state index < -0.39 is 0 Å². The average Bonchev–Trinajstić information content (AvgIpc) is 2.99. The van der Waals surface area contributed by atoms with Crippen molar-refractivity contribution in [3.05, 3.63) is 24.2 Å². The van der Waals surface area contributed by atoms with Gasteiger partial charge in [-0.25, -0.2) is 0 Å². The van der Waals surface area contributed by atoms with Crippen molar-refractivity contribution < 1.29 is 14.0 Å². The van der Waals surface area contributed by atoms with Crippen LogP contribution in [0.3, 0.4) is 0 Å². The maximum Gasteiger partial charge on any atom is 0.289 e. The number of nitrogens with zero attached hydrogens (tertiary/aromatic N) is 2. The Morgan fingerprint density at radius 2 is 2.05 bits per heavy atom. The Morgan fingerprint density at radius 3 is 2.57 bits per heavy atom. The van der Waals surface area contributed by atoms with E-state index in [1.54, 1.807) is 17.0 Å². The minimum absolute atomic E-state index is 0.0365. The van der Waals surface area contributed by atoms with E-state index in [4.69, 9.17) is 4.42 Å². The van der Waals surface area contributed by atoms with Crippen molar-refractivity contribution in [1.29, 1.82) is 0 Å². The second kappa shape index (κ2) is 6.78. The Bertz CT molecular complexity index is 474. The second-order valence-corrected chi connectivity index (χ2v) is 6.16. The summed E-state index contributed by atoms with van der Waals surface area (Å²) in [5.41, 5.74) is 0. The first-order valence-corrected chi connectivity index (χ1v) is 7.56. The lowest BCUT2D eigenvalue weighted by molar-refractivity contribution is -0.136. The summed E-state index contributed by atoms with van der Waals surface area (Å²) in [5.74, 6) is 1.00. The van der Waals surface area contributed by atoms with E-state index in [-0.39, 0.29) is 17.7 Å². The van der Waals surface area contributed by atoms with Crippen molar-refractivity contribution in [2.45, 2.75) is 26.7 Å². The van der Waals surface area contributed by atoms with Gasteiger partial charge < -0.3 is 14.2 Å². The normalized spacial score (nSPS) is 16.3. The number of likely N-dealkylation sites (tertiary alicyclic amines) is 1. The van der Waals surface area contributed by atoms with Crippen LogP contribution >= 0.6 is 0 Å². The van der Waals surface area contributed by atoms with Gasteiger partial charge in [-0.05, 0) is 30.9 Å². The lowest BCUT2D eigenvalue weighted by Crippen LogP contribution is -2.44. The molecule has 0 unspecified atom stereocenters. The molecule has 1 saturated heterocycles. The number of hydrogen-bond acceptors (Lipinski definition) is 3. The Balaban J connectivity index is 1.85. The number of hydrogen-bond donors (Lipinski definition) is 0. The fraction of sp³-hybridized carbons (Fsp3) is 0.625. The van der Waals surface area contributed by atoms with Crippen molar-refractivity contribution in [3.8, 4) is 0 Å². The molecule has 1 aliphatic heterocycles. The lowest BCUT2D eigenvalue weighted by atomic mass is 9.95. The summed E-state index contributed by atoms with van der Waals surface area (Å²) in [6, 6.07) is 3.39. The van der Waals surface area contributed by atoms with Crippen molar-refractivity contribution in [3.63, 3.8) is 0 Å². The van der Waals surface area contributed by atoms with Crippen LogP contribution in [-0.4, -0.2) is 48.3 Å². The first-order valence-electron chi connectivity index (χ1n) is 7.56. The number of rotatable bonds is 4. The molecular formula is C16H24N2O3. The number of carbonyl (C=O) groups excluding carboxylic acids is 2. The minimum atomic E-state index is -0.0820. The van der Waals surface area contributed by atoms with Crippen molar-refractivity contribution >= 4 is 11.8 Å². The molecule has 0 N–H and O–H groups in total. The predicted octanol–water partition coefficient (Wildman–Crippen LogP) is 2.25. The number of furan rings is 1. The molecule has 0 bridgehead atoms. The second-order valence-electron chi connectivity index (χ2n) is 6.16. The number of amides is 2. The van der Waals surface area contributed by atoms with Gasteiger partial charge in [0.05, 0.1) is 6.26 Å². The van der Waals surface area contributed by atoms with E-state index in [9.17, 15) is 9.59 Å². The predicted molar refractivity (Wildman–Crippen MR) is 79.8 cm³/mol. The zero-order valence-electron chi connectivity index (χ0n) is 13.0. The van der Waals surface area contributed by atoms with Gasteiger partial charge in [-0.1, -0.05) is 13.8 Å². The molecule has 2 amide bonds. The molecule has 0 saturated carbocycles. The molecule has 0 spiro atoms. The highest BCUT2D eigenvalue weighted by Gasteiger charge is 2.30. The molecule has 1 aromatic heterocycles. The maximum absolute atomic E-state index is 12.3. The highest BCUT2D eigenvalue weighted by Crippen LogP contribution is 2.21. The molecule has 0 radical (unpaired) electrons. The SMILES string of the molecule is CC(C)CN(C)C(=O)C1CCN(C(=O)c2ccco2)CC1. The summed E-state index contributed by atoms with van der Waals surface area (Å²) < 4.78 is 5.14. The summed E-state index contributed by atoms with van der Waals surface area (Å²) in [4.78, 5) is 28.1. The van der Waals surface area contributed by atoms with Gasteiger partial charge in [-0.15, -0.1) is 0 Å². The summed E-state index contributed by atoms with van der Waals surface area (Å²) in [6.07, 6.45) is 2.96. The molecular weight excluding hydrogens is 268 g/mol. The Morgan fingerprint density at radius 1 is 1.38 bits per heavy atom. The lowest BCUT2D eigenvalue weighted by Gasteiger charge is -2.33. The fourth-order valence-corrected chi connectivity index (χ4v) is 2.83. The zero-order valence-corrected chi connectivity index (χ0v) is 13.0. The Hall–Kier alpha value is -1.78. The molecule has 116 valence electrons. The number of piperidine rings is 1. The molecule has 1 aromatic rings. The third-order valence-electron chi connectivity index (χ3n) is 3.88. The van der Waals surface area contributed by atoms with Crippen LogP contribution in [-0.2, 0) is 4.79 Å². The third kappa shape index (κ3) is 3.86. The van der Waals surface area contributed by atoms with Crippen LogP contribution in [0.4, 0.5) is 0 Å². The van der Waals surface area contributed by atoms with Crippen LogP contribution in [0.25, 0.3) is 0 Å². The topological polar surface area (TPSA) is 53.8 Å². The molecule has 1 fully saturated rings.